The van der Waals surface area contributed by atoms with Gasteiger partial charge in [-0.3, -0.25) is 14.2 Å². The molecule has 0 saturated carbocycles. The van der Waals surface area contributed by atoms with Gasteiger partial charge in [0.1, 0.15) is 0 Å². The zero-order chi connectivity index (χ0) is 23.5. The molecule has 3 aromatic carbocycles. The lowest BCUT2D eigenvalue weighted by atomic mass is 10.0. The molecule has 0 spiro atoms. The van der Waals surface area contributed by atoms with Crippen LogP contribution in [0.5, 0.6) is 0 Å². The molecule has 1 heterocycles. The molecule has 4 rings (SSSR count). The average Bonchev–Trinajstić information content (AvgIpc) is 2.77. The van der Waals surface area contributed by atoms with Crippen LogP contribution in [0.4, 0.5) is 5.69 Å². The molecule has 33 heavy (non-hydrogen) atoms. The van der Waals surface area contributed by atoms with Crippen LogP contribution in [0.3, 0.4) is 0 Å². The smallest absolute Gasteiger partial charge is 0.266 e. The lowest BCUT2D eigenvalue weighted by Gasteiger charge is -2.14. The van der Waals surface area contributed by atoms with E-state index in [0.717, 1.165) is 0 Å². The van der Waals surface area contributed by atoms with Gasteiger partial charge in [-0.25, -0.2) is 4.98 Å². The summed E-state index contributed by atoms with van der Waals surface area (Å²) in [7, 11) is 0. The number of nitrogens with one attached hydrogen (secondary N) is 1. The fourth-order valence-corrected chi connectivity index (χ4v) is 4.74. The maximum Gasteiger partial charge on any atom is 0.266 e. The van der Waals surface area contributed by atoms with Crippen LogP contribution in [0.15, 0.2) is 76.7 Å². The monoisotopic (exact) mass is 497 g/mol. The predicted molar refractivity (Wildman–Crippen MR) is 137 cm³/mol. The highest BCUT2D eigenvalue weighted by molar-refractivity contribution is 7.99. The van der Waals surface area contributed by atoms with Gasteiger partial charge in [0.25, 0.3) is 5.56 Å². The van der Waals surface area contributed by atoms with Crippen LogP contribution in [0.2, 0.25) is 10.0 Å². The number of carbonyl (C=O) groups excluding carboxylic acids is 1. The Morgan fingerprint density at radius 2 is 1.70 bits per heavy atom. The van der Waals surface area contributed by atoms with E-state index in [-0.39, 0.29) is 17.2 Å². The molecule has 8 heteroatoms. The van der Waals surface area contributed by atoms with Crippen molar-refractivity contribution in [3.63, 3.8) is 0 Å². The van der Waals surface area contributed by atoms with Gasteiger partial charge in [-0.1, -0.05) is 73.1 Å². The van der Waals surface area contributed by atoms with Crippen LogP contribution in [-0.4, -0.2) is 21.2 Å². The topological polar surface area (TPSA) is 64.0 Å². The maximum atomic E-state index is 13.4. The molecule has 0 bridgehead atoms. The molecule has 5 nitrogen and oxygen atoms in total. The van der Waals surface area contributed by atoms with Crippen LogP contribution >= 0.6 is 35.0 Å². The summed E-state index contributed by atoms with van der Waals surface area (Å²) < 4.78 is 1.56. The van der Waals surface area contributed by atoms with Gasteiger partial charge in [0, 0.05) is 15.7 Å². The van der Waals surface area contributed by atoms with E-state index >= 15 is 0 Å². The Balaban J connectivity index is 1.66. The predicted octanol–water partition coefficient (Wildman–Crippen LogP) is 6.55. The number of anilines is 1. The third-order valence-corrected chi connectivity index (χ3v) is 6.42. The van der Waals surface area contributed by atoms with Crippen LogP contribution in [0.25, 0.3) is 16.6 Å². The summed E-state index contributed by atoms with van der Waals surface area (Å²) in [6.07, 6.45) is 0. The van der Waals surface area contributed by atoms with E-state index in [1.165, 1.54) is 17.3 Å². The van der Waals surface area contributed by atoms with Crippen LogP contribution < -0.4 is 10.9 Å². The molecule has 0 aliphatic carbocycles. The lowest BCUT2D eigenvalue weighted by Crippen LogP contribution is -2.23. The number of fused-ring (bicyclic) bond motifs is 1. The number of nitrogens with zero attached hydrogens (tertiary/aromatic N) is 2. The number of aromatic nitrogens is 2. The Morgan fingerprint density at radius 3 is 2.36 bits per heavy atom. The number of carbonyl (C=O) groups is 1. The number of amides is 1. The highest BCUT2D eigenvalue weighted by Gasteiger charge is 2.15. The van der Waals surface area contributed by atoms with Crippen LogP contribution in [0.1, 0.15) is 25.3 Å². The van der Waals surface area contributed by atoms with Crippen molar-refractivity contribution in [3.05, 3.63) is 92.7 Å². The Labute approximate surface area is 205 Å². The third kappa shape index (κ3) is 5.41. The van der Waals surface area contributed by atoms with Crippen molar-refractivity contribution in [3.8, 4) is 5.69 Å². The van der Waals surface area contributed by atoms with Crippen molar-refractivity contribution in [1.82, 2.24) is 9.55 Å². The largest absolute Gasteiger partial charge is 0.325 e. The van der Waals surface area contributed by atoms with Crippen molar-refractivity contribution < 1.29 is 4.79 Å². The highest BCUT2D eigenvalue weighted by Crippen LogP contribution is 2.25. The van der Waals surface area contributed by atoms with Gasteiger partial charge in [-0.2, -0.15) is 0 Å². The number of hydrogen-bond acceptors (Lipinski definition) is 4. The molecule has 168 valence electrons. The zero-order valence-electron chi connectivity index (χ0n) is 18.0. The number of rotatable bonds is 6. The zero-order valence-corrected chi connectivity index (χ0v) is 20.3. The first kappa shape index (κ1) is 23.4. The van der Waals surface area contributed by atoms with Crippen molar-refractivity contribution in [2.45, 2.75) is 24.9 Å². The molecule has 0 atom stereocenters. The van der Waals surface area contributed by atoms with Gasteiger partial charge in [0.05, 0.1) is 22.3 Å². The quantitative estimate of drug-likeness (QED) is 0.242. The first-order chi connectivity index (χ1) is 15.8. The standard InChI is InChI=1S/C25H21Cl2N3O2S/c1-15(2)16-7-9-20(10-8-16)30-24(32)21-5-3-4-6-22(21)29-25(30)33-14-23(31)28-19-12-17(26)11-18(27)13-19/h3-13,15H,14H2,1-2H3,(H,28,31). The molecule has 0 fully saturated rings. The molecule has 1 N–H and O–H groups in total. The number of benzene rings is 3. The van der Waals surface area contributed by atoms with Gasteiger partial charge >= 0.3 is 0 Å². The lowest BCUT2D eigenvalue weighted by molar-refractivity contribution is -0.113. The first-order valence-corrected chi connectivity index (χ1v) is 12.1. The second kappa shape index (κ2) is 10.00. The fraction of sp³-hybridized carbons (Fsp3) is 0.160. The molecule has 1 amide bonds. The van der Waals surface area contributed by atoms with Gasteiger partial charge in [0.15, 0.2) is 5.16 Å². The van der Waals surface area contributed by atoms with E-state index in [2.05, 4.69) is 24.1 Å². The molecule has 0 radical (unpaired) electrons. The second-order valence-corrected chi connectivity index (χ2v) is 9.61. The number of para-hydroxylation sites is 1. The minimum Gasteiger partial charge on any atom is -0.325 e. The van der Waals surface area contributed by atoms with E-state index in [4.69, 9.17) is 23.2 Å². The summed E-state index contributed by atoms with van der Waals surface area (Å²) in [4.78, 5) is 30.6. The van der Waals surface area contributed by atoms with Gasteiger partial charge in [-0.15, -0.1) is 0 Å². The molecule has 0 saturated heterocycles. The van der Waals surface area contributed by atoms with E-state index in [0.29, 0.717) is 43.4 Å². The molecule has 4 aromatic rings. The summed E-state index contributed by atoms with van der Waals surface area (Å²) in [5.41, 5.74) is 2.79. The molecule has 0 aliphatic rings. The summed E-state index contributed by atoms with van der Waals surface area (Å²) in [5.74, 6) is 0.171. The van der Waals surface area contributed by atoms with Crippen LogP contribution in [-0.2, 0) is 4.79 Å². The van der Waals surface area contributed by atoms with E-state index in [1.54, 1.807) is 34.9 Å². The molecule has 0 unspecified atom stereocenters. The first-order valence-electron chi connectivity index (χ1n) is 10.3. The normalized spacial score (nSPS) is 11.2. The molecular formula is C25H21Cl2N3O2S. The minimum atomic E-state index is -0.262. The van der Waals surface area contributed by atoms with Gasteiger partial charge in [0.2, 0.25) is 5.91 Å². The third-order valence-electron chi connectivity index (χ3n) is 5.04. The SMILES string of the molecule is CC(C)c1ccc(-n2c(SCC(=O)Nc3cc(Cl)cc(Cl)c3)nc3ccccc3c2=O)cc1. The summed E-state index contributed by atoms with van der Waals surface area (Å²) in [6, 6.07) is 19.9. The highest BCUT2D eigenvalue weighted by atomic mass is 35.5. The number of hydrogen-bond donors (Lipinski definition) is 1. The fourth-order valence-electron chi connectivity index (χ4n) is 3.40. The summed E-state index contributed by atoms with van der Waals surface area (Å²) in [6.45, 7) is 4.23. The van der Waals surface area contributed by atoms with Crippen molar-refractivity contribution in [1.29, 1.82) is 0 Å². The molecule has 0 aliphatic heterocycles. The van der Waals surface area contributed by atoms with E-state index < -0.39 is 0 Å². The second-order valence-electron chi connectivity index (χ2n) is 7.79. The summed E-state index contributed by atoms with van der Waals surface area (Å²) in [5, 5.41) is 4.60. The number of halogens is 2. The number of thioether (sulfide) groups is 1. The molecular weight excluding hydrogens is 477 g/mol. The molecule has 1 aromatic heterocycles. The average molecular weight is 498 g/mol. The van der Waals surface area contributed by atoms with Gasteiger partial charge < -0.3 is 5.32 Å². The Kier molecular flexibility index (Phi) is 7.08. The Morgan fingerprint density at radius 1 is 1.03 bits per heavy atom. The van der Waals surface area contributed by atoms with Crippen molar-refractivity contribution in [2.24, 2.45) is 0 Å². The maximum absolute atomic E-state index is 13.4. The summed E-state index contributed by atoms with van der Waals surface area (Å²) >= 11 is 13.2. The Hall–Kier alpha value is -2.80. The van der Waals surface area contributed by atoms with E-state index in [1.807, 2.05) is 36.4 Å². The van der Waals surface area contributed by atoms with Crippen molar-refractivity contribution in [2.75, 3.05) is 11.1 Å². The van der Waals surface area contributed by atoms with Gasteiger partial charge in [-0.05, 0) is 53.9 Å². The van der Waals surface area contributed by atoms with E-state index in [9.17, 15) is 9.59 Å². The minimum absolute atomic E-state index is 0.0546. The van der Waals surface area contributed by atoms with Crippen LogP contribution in [0, 0.1) is 0 Å². The van der Waals surface area contributed by atoms with Crippen molar-refractivity contribution >= 4 is 57.5 Å². The Bertz CT molecular complexity index is 1360.